The molecule has 14 heavy (non-hydrogen) atoms. The zero-order valence-corrected chi connectivity index (χ0v) is 7.18. The van der Waals surface area contributed by atoms with Gasteiger partial charge in [-0.2, -0.15) is 13.2 Å². The van der Waals surface area contributed by atoms with E-state index in [4.69, 9.17) is 5.73 Å². The summed E-state index contributed by atoms with van der Waals surface area (Å²) in [4.78, 5) is 0. The third kappa shape index (κ3) is 3.11. The molecule has 0 unspecified atom stereocenters. The van der Waals surface area contributed by atoms with Crippen LogP contribution in [0, 0.1) is 11.8 Å². The van der Waals surface area contributed by atoms with Crippen molar-refractivity contribution < 1.29 is 13.2 Å². The molecule has 4 heteroatoms. The molecule has 0 aliphatic carbocycles. The lowest BCUT2D eigenvalue weighted by Crippen LogP contribution is -2.35. The Morgan fingerprint density at radius 3 is 2.21 bits per heavy atom. The van der Waals surface area contributed by atoms with E-state index in [9.17, 15) is 13.2 Å². The normalized spacial score (nSPS) is 12.9. The Morgan fingerprint density at radius 2 is 1.71 bits per heavy atom. The zero-order valence-electron chi connectivity index (χ0n) is 7.18. The lowest BCUT2D eigenvalue weighted by atomic mass is 10.2. The van der Waals surface area contributed by atoms with Crippen molar-refractivity contribution in [2.45, 2.75) is 12.2 Å². The van der Waals surface area contributed by atoms with Gasteiger partial charge in [-0.15, -0.1) is 0 Å². The molecule has 0 fully saturated rings. The second-order valence-corrected chi connectivity index (χ2v) is 2.65. The Labute approximate surface area is 79.7 Å². The van der Waals surface area contributed by atoms with Gasteiger partial charge in [0.15, 0.2) is 6.04 Å². The van der Waals surface area contributed by atoms with Crippen LogP contribution in [0.25, 0.3) is 0 Å². The highest BCUT2D eigenvalue weighted by atomic mass is 19.4. The van der Waals surface area contributed by atoms with Crippen molar-refractivity contribution in [1.29, 1.82) is 0 Å². The highest BCUT2D eigenvalue weighted by molar-refractivity contribution is 5.34. The molecule has 0 heterocycles. The summed E-state index contributed by atoms with van der Waals surface area (Å²) in [5.74, 6) is 4.30. The minimum atomic E-state index is -4.46. The van der Waals surface area contributed by atoms with E-state index >= 15 is 0 Å². The van der Waals surface area contributed by atoms with Crippen LogP contribution in [0.15, 0.2) is 30.3 Å². The number of halogens is 3. The van der Waals surface area contributed by atoms with E-state index in [0.717, 1.165) is 0 Å². The lowest BCUT2D eigenvalue weighted by molar-refractivity contribution is -0.134. The first-order chi connectivity index (χ1) is 6.50. The predicted molar refractivity (Wildman–Crippen MR) is 47.4 cm³/mol. The van der Waals surface area contributed by atoms with Gasteiger partial charge in [-0.3, -0.25) is 0 Å². The molecule has 0 amide bonds. The lowest BCUT2D eigenvalue weighted by Gasteiger charge is -2.07. The summed E-state index contributed by atoms with van der Waals surface area (Å²) in [6, 6.07) is 6.32. The average Bonchev–Trinajstić information content (AvgIpc) is 2.14. The third-order valence-corrected chi connectivity index (χ3v) is 1.50. The van der Waals surface area contributed by atoms with Crippen molar-refractivity contribution in [3.63, 3.8) is 0 Å². The summed E-state index contributed by atoms with van der Waals surface area (Å²) in [6.07, 6.45) is -4.46. The van der Waals surface area contributed by atoms with Gasteiger partial charge in [0.25, 0.3) is 0 Å². The fourth-order valence-corrected chi connectivity index (χ4v) is 0.764. The van der Waals surface area contributed by atoms with E-state index in [1.165, 1.54) is 0 Å². The summed E-state index contributed by atoms with van der Waals surface area (Å²) < 4.78 is 35.8. The Kier molecular flexibility index (Phi) is 3.15. The molecular weight excluding hydrogens is 191 g/mol. The van der Waals surface area contributed by atoms with Crippen molar-refractivity contribution in [3.8, 4) is 11.8 Å². The van der Waals surface area contributed by atoms with Gasteiger partial charge in [-0.25, -0.2) is 0 Å². The fraction of sp³-hybridized carbons (Fsp3) is 0.200. The number of nitrogens with two attached hydrogens (primary N) is 1. The van der Waals surface area contributed by atoms with Gasteiger partial charge in [0.2, 0.25) is 0 Å². The van der Waals surface area contributed by atoms with E-state index in [1.54, 1.807) is 30.3 Å². The first-order valence-corrected chi connectivity index (χ1v) is 3.89. The van der Waals surface area contributed by atoms with Crippen LogP contribution in [0.1, 0.15) is 5.56 Å². The predicted octanol–water partition coefficient (Wildman–Crippen LogP) is 1.93. The van der Waals surface area contributed by atoms with Crippen molar-refractivity contribution in [3.05, 3.63) is 35.9 Å². The van der Waals surface area contributed by atoms with E-state index < -0.39 is 12.2 Å². The van der Waals surface area contributed by atoms with E-state index in [0.29, 0.717) is 5.56 Å². The Balaban J connectivity index is 2.74. The number of hydrogen-bond acceptors (Lipinski definition) is 1. The molecule has 1 rings (SSSR count). The van der Waals surface area contributed by atoms with Crippen molar-refractivity contribution in [2.75, 3.05) is 0 Å². The highest BCUT2D eigenvalue weighted by Crippen LogP contribution is 2.17. The van der Waals surface area contributed by atoms with Crippen LogP contribution in [0.2, 0.25) is 0 Å². The van der Waals surface area contributed by atoms with Crippen molar-refractivity contribution in [1.82, 2.24) is 0 Å². The smallest absolute Gasteiger partial charge is 0.310 e. The van der Waals surface area contributed by atoms with Gasteiger partial charge in [-0.05, 0) is 12.1 Å². The van der Waals surface area contributed by atoms with E-state index in [1.807, 2.05) is 5.92 Å². The summed E-state index contributed by atoms with van der Waals surface area (Å²) in [5, 5.41) is 0. The second kappa shape index (κ2) is 4.16. The SMILES string of the molecule is N[C@H](C#Cc1ccccc1)C(F)(F)F. The standard InChI is InChI=1S/C10H8F3N/c11-10(12,13)9(14)7-6-8-4-2-1-3-5-8/h1-5,9H,14H2/t9-/m1/s1. The van der Waals surface area contributed by atoms with Gasteiger partial charge in [0.1, 0.15) is 0 Å². The van der Waals surface area contributed by atoms with Crippen LogP contribution in [0.4, 0.5) is 13.2 Å². The van der Waals surface area contributed by atoms with E-state index in [-0.39, 0.29) is 0 Å². The maximum atomic E-state index is 11.9. The molecule has 0 aromatic heterocycles. The number of benzene rings is 1. The zero-order chi connectivity index (χ0) is 10.6. The minimum absolute atomic E-state index is 0.521. The second-order valence-electron chi connectivity index (χ2n) is 2.65. The molecule has 0 saturated carbocycles. The van der Waals surface area contributed by atoms with Crippen LogP contribution >= 0.6 is 0 Å². The van der Waals surface area contributed by atoms with Crippen LogP contribution in [-0.4, -0.2) is 12.2 Å². The first kappa shape index (κ1) is 10.6. The number of alkyl halides is 3. The highest BCUT2D eigenvalue weighted by Gasteiger charge is 2.35. The van der Waals surface area contributed by atoms with Gasteiger partial charge >= 0.3 is 6.18 Å². The van der Waals surface area contributed by atoms with Crippen LogP contribution in [0.3, 0.4) is 0 Å². The molecule has 0 aliphatic rings. The summed E-state index contributed by atoms with van der Waals surface area (Å²) in [5.41, 5.74) is 5.32. The Bertz CT molecular complexity index is 345. The Morgan fingerprint density at radius 1 is 1.14 bits per heavy atom. The molecule has 74 valence electrons. The summed E-state index contributed by atoms with van der Waals surface area (Å²) >= 11 is 0. The molecule has 0 bridgehead atoms. The van der Waals surface area contributed by atoms with Crippen molar-refractivity contribution in [2.24, 2.45) is 5.73 Å². The number of rotatable bonds is 0. The molecule has 1 nitrogen and oxygen atoms in total. The molecule has 1 aromatic carbocycles. The topological polar surface area (TPSA) is 26.0 Å². The maximum Gasteiger partial charge on any atom is 0.414 e. The molecular formula is C10H8F3N. The van der Waals surface area contributed by atoms with Gasteiger partial charge in [0, 0.05) is 5.56 Å². The van der Waals surface area contributed by atoms with Crippen LogP contribution in [-0.2, 0) is 0 Å². The molecule has 0 radical (unpaired) electrons. The molecule has 0 aliphatic heterocycles. The Hall–Kier alpha value is -1.47. The molecule has 0 saturated heterocycles. The molecule has 1 atom stereocenters. The van der Waals surface area contributed by atoms with Crippen LogP contribution in [0.5, 0.6) is 0 Å². The first-order valence-electron chi connectivity index (χ1n) is 3.89. The average molecular weight is 199 g/mol. The van der Waals surface area contributed by atoms with Gasteiger partial charge in [0.05, 0.1) is 0 Å². The van der Waals surface area contributed by atoms with Gasteiger partial charge < -0.3 is 5.73 Å². The molecule has 2 N–H and O–H groups in total. The third-order valence-electron chi connectivity index (χ3n) is 1.50. The molecule has 0 spiro atoms. The monoisotopic (exact) mass is 199 g/mol. The van der Waals surface area contributed by atoms with Gasteiger partial charge in [-0.1, -0.05) is 30.0 Å². The maximum absolute atomic E-state index is 11.9. The quantitative estimate of drug-likeness (QED) is 0.635. The fourth-order valence-electron chi connectivity index (χ4n) is 0.764. The summed E-state index contributed by atoms with van der Waals surface area (Å²) in [7, 11) is 0. The largest absolute Gasteiger partial charge is 0.414 e. The number of hydrogen-bond donors (Lipinski definition) is 1. The van der Waals surface area contributed by atoms with Crippen molar-refractivity contribution >= 4 is 0 Å². The minimum Gasteiger partial charge on any atom is -0.310 e. The van der Waals surface area contributed by atoms with Crippen LogP contribution < -0.4 is 5.73 Å². The molecule has 1 aromatic rings. The summed E-state index contributed by atoms with van der Waals surface area (Å²) in [6.45, 7) is 0. The van der Waals surface area contributed by atoms with E-state index in [2.05, 4.69) is 5.92 Å².